The summed E-state index contributed by atoms with van der Waals surface area (Å²) < 4.78 is 0. The average Bonchev–Trinajstić information content (AvgIpc) is 4.14. The van der Waals surface area contributed by atoms with Crippen LogP contribution in [0.2, 0.25) is 0 Å². The molecule has 0 radical (unpaired) electrons. The molecule has 8 bridgehead atoms. The number of hydrogen-bond donors (Lipinski definition) is 4. The van der Waals surface area contributed by atoms with Crippen LogP contribution in [-0.2, 0) is 21.1 Å². The van der Waals surface area contributed by atoms with Gasteiger partial charge in [0.25, 0.3) is 0 Å². The smallest absolute Gasteiger partial charge is 0.0566 e. The third kappa shape index (κ3) is 6.09. The van der Waals surface area contributed by atoms with E-state index < -0.39 is 0 Å². The third-order valence-electron chi connectivity index (χ3n) is 13.1. The van der Waals surface area contributed by atoms with Crippen LogP contribution in [0.1, 0.15) is 45.0 Å². The second kappa shape index (κ2) is 15.7. The van der Waals surface area contributed by atoms with Gasteiger partial charge >= 0.3 is 0 Å². The van der Waals surface area contributed by atoms with Crippen LogP contribution in [-0.4, -0.2) is 19.9 Å². The van der Waals surface area contributed by atoms with E-state index in [2.05, 4.69) is 238 Å². The van der Waals surface area contributed by atoms with E-state index in [1.807, 2.05) is 0 Å². The van der Waals surface area contributed by atoms with Gasteiger partial charge in [-0.15, -0.1) is 0 Å². The van der Waals surface area contributed by atoms with Crippen molar-refractivity contribution in [2.75, 3.05) is 0 Å². The van der Waals surface area contributed by atoms with Gasteiger partial charge in [0.1, 0.15) is 0 Å². The van der Waals surface area contributed by atoms with E-state index in [9.17, 15) is 0 Å². The first-order valence-electron chi connectivity index (χ1n) is 22.0. The molecule has 0 spiro atoms. The van der Waals surface area contributed by atoms with Crippen molar-refractivity contribution in [1.29, 1.82) is 0 Å². The zero-order chi connectivity index (χ0) is 42.1. The van der Waals surface area contributed by atoms with E-state index in [4.69, 9.17) is 0 Å². The molecule has 0 saturated carbocycles. The molecule has 5 heteroatoms. The summed E-state index contributed by atoms with van der Waals surface area (Å²) in [4.78, 5) is 16.7. The Morgan fingerprint density at radius 2 is 0.369 bits per heavy atom. The maximum Gasteiger partial charge on any atom is 0.0566 e. The van der Waals surface area contributed by atoms with E-state index in [0.29, 0.717) is 0 Å². The molecule has 4 aromatic heterocycles. The summed E-state index contributed by atoms with van der Waals surface area (Å²) in [5.74, 6) is 0. The topological polar surface area (TPSA) is 63.2 Å². The Balaban J connectivity index is 0.00000444. The van der Waals surface area contributed by atoms with Gasteiger partial charge < -0.3 is 19.9 Å². The van der Waals surface area contributed by atoms with Gasteiger partial charge in [-0.05, 0) is 22.3 Å². The van der Waals surface area contributed by atoms with Crippen molar-refractivity contribution in [3.63, 3.8) is 0 Å². The summed E-state index contributed by atoms with van der Waals surface area (Å²) in [6.45, 7) is 0. The van der Waals surface area contributed by atoms with E-state index >= 15 is 0 Å². The molecular weight excluding hydrogens is 972 g/mol. The second-order valence-corrected chi connectivity index (χ2v) is 16.6. The summed E-state index contributed by atoms with van der Waals surface area (Å²) in [7, 11) is 0. The molecule has 0 fully saturated rings. The fourth-order valence-electron chi connectivity index (χ4n) is 10.4. The Kier molecular flexibility index (Phi) is 9.36. The maximum absolute atomic E-state index is 4.18. The van der Waals surface area contributed by atoms with Crippen molar-refractivity contribution >= 4 is 65.4 Å². The standard InChI is InChI=1S/C60H40N4.Pt/c1-5-21-37(22-6-1)49-53-41-29-13-15-31-43(41)55(61-53)50(38-23-7-2-8-24-38)57-45-33-17-19-35-47(45)59(63-57)52(40-27-11-4-12-28-40)60-48-36-20-18-34-46(48)58(64-60)51(39-25-9-3-10-26-39)56-44-32-16-14-30-42(44)54(49)62-56;/h1-36,61-64H;. The number of nitrogens with one attached hydrogen (secondary N) is 4. The first kappa shape index (κ1) is 38.7. The molecule has 0 unspecified atom stereocenters. The predicted molar refractivity (Wildman–Crippen MR) is 264 cm³/mol. The minimum Gasteiger partial charge on any atom is -0.353 e. The van der Waals surface area contributed by atoms with Crippen LogP contribution in [0.3, 0.4) is 0 Å². The maximum atomic E-state index is 4.18. The fraction of sp³-hybridized carbons (Fsp3) is 0. The van der Waals surface area contributed by atoms with E-state index in [1.54, 1.807) is 0 Å². The third-order valence-corrected chi connectivity index (χ3v) is 13.1. The van der Waals surface area contributed by atoms with Gasteiger partial charge in [-0.25, -0.2) is 0 Å². The van der Waals surface area contributed by atoms with Crippen LogP contribution in [0.25, 0.3) is 65.4 Å². The van der Waals surface area contributed by atoms with Crippen molar-refractivity contribution in [3.05, 3.63) is 285 Å². The summed E-state index contributed by atoms with van der Waals surface area (Å²) >= 11 is 0. The Labute approximate surface area is 388 Å². The van der Waals surface area contributed by atoms with Gasteiger partial charge in [0.15, 0.2) is 0 Å². The van der Waals surface area contributed by atoms with Gasteiger partial charge in [-0.2, -0.15) is 0 Å². The summed E-state index contributed by atoms with van der Waals surface area (Å²) in [6.07, 6.45) is 0. The van der Waals surface area contributed by atoms with Crippen molar-refractivity contribution in [2.24, 2.45) is 0 Å². The molecule has 0 atom stereocenters. The summed E-state index contributed by atoms with van der Waals surface area (Å²) in [5.41, 5.74) is 13.1. The molecule has 1 aliphatic carbocycles. The number of aromatic nitrogens is 4. The Bertz CT molecular complexity index is 3520. The summed E-state index contributed by atoms with van der Waals surface area (Å²) in [5, 5.41) is 13.4. The minimum atomic E-state index is 0. The van der Waals surface area contributed by atoms with Gasteiger partial charge in [0, 0.05) is 86.4 Å². The van der Waals surface area contributed by atoms with Crippen LogP contribution in [0.4, 0.5) is 0 Å². The van der Waals surface area contributed by atoms with E-state index in [1.165, 1.54) is 0 Å². The average molecular weight is 1010 g/mol. The molecule has 0 aliphatic heterocycles. The second-order valence-electron chi connectivity index (χ2n) is 16.6. The normalized spacial score (nSPS) is 12.7. The van der Waals surface area contributed by atoms with Crippen molar-refractivity contribution in [2.45, 2.75) is 0 Å². The molecule has 1 aliphatic rings. The van der Waals surface area contributed by atoms with Crippen molar-refractivity contribution in [3.8, 4) is 0 Å². The number of aromatic amines is 4. The molecule has 0 amide bonds. The molecule has 65 heavy (non-hydrogen) atoms. The van der Waals surface area contributed by atoms with E-state index in [-0.39, 0.29) is 21.1 Å². The van der Waals surface area contributed by atoms with E-state index in [0.717, 1.165) is 132 Å². The molecule has 4 N–H and O–H groups in total. The largest absolute Gasteiger partial charge is 0.353 e. The van der Waals surface area contributed by atoms with Gasteiger partial charge in [-0.3, -0.25) is 0 Å². The number of rotatable bonds is 4. The Hall–Kier alpha value is -7.91. The molecule has 0 saturated heterocycles. The zero-order valence-corrected chi connectivity index (χ0v) is 37.4. The van der Waals surface area contributed by atoms with Crippen molar-refractivity contribution < 1.29 is 21.1 Å². The molecular formula is C60H40N4Pt. The Morgan fingerprint density at radius 3 is 0.585 bits per heavy atom. The van der Waals surface area contributed by atoms with Crippen LogP contribution < -0.4 is 21.4 Å². The number of H-pyrrole nitrogens is 4. The van der Waals surface area contributed by atoms with Crippen LogP contribution in [0.5, 0.6) is 0 Å². The molecule has 4 nitrogen and oxygen atoms in total. The number of hydrogen-bond acceptors (Lipinski definition) is 0. The SMILES string of the molecule is [Pt].c1ccc(C2=c3[nH]c(c4ccccc34)=C(c3ccccc3)c3[nH]c(c4ccccc34)C(c3ccccc3)=c3[nH]c(c4ccccc34)=C(c3ccccc3)c3[nH]c2c2ccccc32)cc1. The van der Waals surface area contributed by atoms with Crippen LogP contribution >= 0.6 is 0 Å². The fourth-order valence-corrected chi connectivity index (χ4v) is 10.4. The first-order chi connectivity index (χ1) is 31.8. The molecule has 12 aromatic rings. The van der Waals surface area contributed by atoms with Crippen LogP contribution in [0, 0.1) is 0 Å². The van der Waals surface area contributed by atoms with Crippen LogP contribution in [0.15, 0.2) is 218 Å². The zero-order valence-electron chi connectivity index (χ0n) is 35.1. The summed E-state index contributed by atoms with van der Waals surface area (Å²) in [6, 6.07) is 78.8. The first-order valence-corrected chi connectivity index (χ1v) is 22.0. The van der Waals surface area contributed by atoms with Crippen molar-refractivity contribution in [1.82, 2.24) is 19.9 Å². The monoisotopic (exact) mass is 1010 g/mol. The molecule has 8 aromatic carbocycles. The quantitative estimate of drug-likeness (QED) is 0.136. The van der Waals surface area contributed by atoms with Gasteiger partial charge in [-0.1, -0.05) is 218 Å². The number of benzene rings is 8. The predicted octanol–water partition coefficient (Wildman–Crippen LogP) is 10.9. The van der Waals surface area contributed by atoms with Gasteiger partial charge in [0.2, 0.25) is 0 Å². The van der Waals surface area contributed by atoms with Gasteiger partial charge in [0.05, 0.1) is 44.2 Å². The molecule has 4 heterocycles. The minimum absolute atomic E-state index is 0. The molecule has 310 valence electrons. The molecule has 13 rings (SSSR count). The Morgan fingerprint density at radius 1 is 0.185 bits per heavy atom.